The molecule has 1 aliphatic rings. The first-order valence-corrected chi connectivity index (χ1v) is 8.55. The number of rotatable bonds is 2. The summed E-state index contributed by atoms with van der Waals surface area (Å²) in [4.78, 5) is 27.3. The average molecular weight is 392 g/mol. The van der Waals surface area contributed by atoms with E-state index >= 15 is 0 Å². The normalized spacial score (nSPS) is 13.4. The zero-order valence-electron chi connectivity index (χ0n) is 13.3. The molecular formula is C16H10ClN3O5S. The number of amides is 1. The molecule has 132 valence electrons. The van der Waals surface area contributed by atoms with Crippen LogP contribution in [0.2, 0.25) is 5.02 Å². The molecule has 1 aliphatic heterocycles. The van der Waals surface area contributed by atoms with E-state index in [2.05, 4.69) is 4.99 Å². The topological polar surface area (TPSA) is 96.0 Å². The smallest absolute Gasteiger partial charge is 0.281 e. The van der Waals surface area contributed by atoms with E-state index in [0.717, 1.165) is 16.3 Å². The summed E-state index contributed by atoms with van der Waals surface area (Å²) in [5, 5.41) is 11.0. The minimum Gasteiger partial charge on any atom is -0.454 e. The van der Waals surface area contributed by atoms with Gasteiger partial charge in [-0.1, -0.05) is 22.9 Å². The van der Waals surface area contributed by atoms with E-state index in [1.807, 2.05) is 12.1 Å². The number of ether oxygens (including phenoxy) is 2. The molecule has 0 N–H and O–H groups in total. The van der Waals surface area contributed by atoms with Crippen LogP contribution in [0.4, 0.5) is 5.69 Å². The maximum absolute atomic E-state index is 12.5. The van der Waals surface area contributed by atoms with Gasteiger partial charge >= 0.3 is 0 Å². The van der Waals surface area contributed by atoms with Gasteiger partial charge in [-0.15, -0.1) is 0 Å². The second-order valence-electron chi connectivity index (χ2n) is 5.46. The maximum Gasteiger partial charge on any atom is 0.281 e. The van der Waals surface area contributed by atoms with Gasteiger partial charge in [0.2, 0.25) is 6.79 Å². The Morgan fingerprint density at radius 3 is 2.77 bits per heavy atom. The van der Waals surface area contributed by atoms with Gasteiger partial charge in [0.05, 0.1) is 25.7 Å². The number of nitrogens with zero attached hydrogens (tertiary/aromatic N) is 3. The molecule has 0 aliphatic carbocycles. The molecular weight excluding hydrogens is 382 g/mol. The van der Waals surface area contributed by atoms with Gasteiger partial charge in [0.1, 0.15) is 0 Å². The van der Waals surface area contributed by atoms with Gasteiger partial charge in [0, 0.05) is 31.3 Å². The first-order chi connectivity index (χ1) is 12.4. The van der Waals surface area contributed by atoms with Gasteiger partial charge in [-0.05, 0) is 6.07 Å². The molecule has 0 bridgehead atoms. The summed E-state index contributed by atoms with van der Waals surface area (Å²) in [6, 6.07) is 7.31. The van der Waals surface area contributed by atoms with Crippen LogP contribution in [0.25, 0.3) is 10.2 Å². The molecule has 3 aromatic rings. The van der Waals surface area contributed by atoms with Crippen molar-refractivity contribution in [3.63, 3.8) is 0 Å². The van der Waals surface area contributed by atoms with E-state index in [0.29, 0.717) is 16.3 Å². The zero-order chi connectivity index (χ0) is 18.4. The van der Waals surface area contributed by atoms with Crippen LogP contribution in [0.3, 0.4) is 0 Å². The first kappa shape index (κ1) is 16.6. The second kappa shape index (κ2) is 6.11. The summed E-state index contributed by atoms with van der Waals surface area (Å²) >= 11 is 7.30. The number of fused-ring (bicyclic) bond motifs is 2. The predicted octanol–water partition coefficient (Wildman–Crippen LogP) is 3.27. The number of hydrogen-bond acceptors (Lipinski definition) is 6. The Labute approximate surface area is 155 Å². The van der Waals surface area contributed by atoms with Crippen molar-refractivity contribution in [2.45, 2.75) is 0 Å². The van der Waals surface area contributed by atoms with Crippen LogP contribution in [0.1, 0.15) is 10.4 Å². The van der Waals surface area contributed by atoms with E-state index in [4.69, 9.17) is 21.1 Å². The maximum atomic E-state index is 12.5. The first-order valence-electron chi connectivity index (χ1n) is 7.36. The molecule has 0 spiro atoms. The van der Waals surface area contributed by atoms with Crippen LogP contribution in [-0.4, -0.2) is 22.2 Å². The van der Waals surface area contributed by atoms with Crippen LogP contribution >= 0.6 is 22.9 Å². The van der Waals surface area contributed by atoms with Crippen molar-refractivity contribution in [1.82, 2.24) is 4.57 Å². The van der Waals surface area contributed by atoms with Gasteiger partial charge in [-0.2, -0.15) is 4.99 Å². The van der Waals surface area contributed by atoms with Crippen LogP contribution < -0.4 is 14.3 Å². The highest BCUT2D eigenvalue weighted by Crippen LogP contribution is 2.36. The van der Waals surface area contributed by atoms with E-state index in [-0.39, 0.29) is 23.1 Å². The van der Waals surface area contributed by atoms with E-state index in [1.54, 1.807) is 11.6 Å². The quantitative estimate of drug-likeness (QED) is 0.493. The number of nitro groups is 1. The molecule has 4 rings (SSSR count). The number of benzene rings is 2. The SMILES string of the molecule is Cn1c(=NC(=O)c2cc([N+](=O)[O-])ccc2Cl)sc2cc3c(cc21)OCO3. The fourth-order valence-electron chi connectivity index (χ4n) is 2.56. The summed E-state index contributed by atoms with van der Waals surface area (Å²) in [5.41, 5.74) is 0.586. The lowest BCUT2D eigenvalue weighted by Gasteiger charge is -2.00. The average Bonchev–Trinajstić information content (AvgIpc) is 3.18. The summed E-state index contributed by atoms with van der Waals surface area (Å²) in [6.45, 7) is 0.178. The lowest BCUT2D eigenvalue weighted by atomic mass is 10.2. The molecule has 1 aromatic heterocycles. The molecule has 1 amide bonds. The molecule has 0 saturated carbocycles. The highest BCUT2D eigenvalue weighted by atomic mass is 35.5. The fraction of sp³-hybridized carbons (Fsp3) is 0.125. The summed E-state index contributed by atoms with van der Waals surface area (Å²) in [5.74, 6) is 0.616. The number of carbonyl (C=O) groups is 1. The number of aryl methyl sites for hydroxylation is 1. The molecule has 26 heavy (non-hydrogen) atoms. The largest absolute Gasteiger partial charge is 0.454 e. The minimum absolute atomic E-state index is 0.0208. The predicted molar refractivity (Wildman–Crippen MR) is 94.9 cm³/mol. The molecule has 10 heteroatoms. The molecule has 2 heterocycles. The number of halogens is 1. The second-order valence-corrected chi connectivity index (χ2v) is 6.87. The third-order valence-electron chi connectivity index (χ3n) is 3.89. The minimum atomic E-state index is -0.652. The highest BCUT2D eigenvalue weighted by molar-refractivity contribution is 7.16. The highest BCUT2D eigenvalue weighted by Gasteiger charge is 2.18. The Balaban J connectivity index is 1.81. The van der Waals surface area contributed by atoms with Crippen molar-refractivity contribution in [3.05, 3.63) is 55.8 Å². The summed E-state index contributed by atoms with van der Waals surface area (Å²) in [7, 11) is 1.77. The van der Waals surface area contributed by atoms with E-state index < -0.39 is 10.8 Å². The van der Waals surface area contributed by atoms with Crippen molar-refractivity contribution < 1.29 is 19.2 Å². The number of carbonyl (C=O) groups excluding carboxylic acids is 1. The molecule has 0 unspecified atom stereocenters. The monoisotopic (exact) mass is 391 g/mol. The number of aromatic nitrogens is 1. The van der Waals surface area contributed by atoms with E-state index in [9.17, 15) is 14.9 Å². The Kier molecular flexibility index (Phi) is 3.89. The third kappa shape index (κ3) is 2.71. The summed E-state index contributed by atoms with van der Waals surface area (Å²) < 4.78 is 13.3. The van der Waals surface area contributed by atoms with Gasteiger partial charge in [-0.25, -0.2) is 0 Å². The lowest BCUT2D eigenvalue weighted by molar-refractivity contribution is -0.384. The van der Waals surface area contributed by atoms with Gasteiger partial charge in [0.15, 0.2) is 16.3 Å². The molecule has 2 aromatic carbocycles. The van der Waals surface area contributed by atoms with Gasteiger partial charge < -0.3 is 14.0 Å². The molecule has 0 saturated heterocycles. The van der Waals surface area contributed by atoms with Crippen LogP contribution in [0, 0.1) is 10.1 Å². The Bertz CT molecular complexity index is 1150. The van der Waals surface area contributed by atoms with Gasteiger partial charge in [-0.3, -0.25) is 14.9 Å². The van der Waals surface area contributed by atoms with Crippen LogP contribution in [0.5, 0.6) is 11.5 Å². The summed E-state index contributed by atoms with van der Waals surface area (Å²) in [6.07, 6.45) is 0. The Hall–Kier alpha value is -2.91. The van der Waals surface area contributed by atoms with Crippen molar-refractivity contribution in [2.75, 3.05) is 6.79 Å². The molecule has 8 nitrogen and oxygen atoms in total. The molecule has 0 atom stereocenters. The van der Waals surface area contributed by atoms with Crippen LogP contribution in [0.15, 0.2) is 35.3 Å². The number of thiazole rings is 1. The third-order valence-corrected chi connectivity index (χ3v) is 5.32. The van der Waals surface area contributed by atoms with Crippen molar-refractivity contribution >= 4 is 44.7 Å². The van der Waals surface area contributed by atoms with Crippen molar-refractivity contribution in [1.29, 1.82) is 0 Å². The van der Waals surface area contributed by atoms with E-state index in [1.165, 1.54) is 23.5 Å². The number of non-ortho nitro benzene ring substituents is 1. The Morgan fingerprint density at radius 1 is 1.31 bits per heavy atom. The van der Waals surface area contributed by atoms with Gasteiger partial charge in [0.25, 0.3) is 11.6 Å². The number of hydrogen-bond donors (Lipinski definition) is 0. The molecule has 0 fully saturated rings. The lowest BCUT2D eigenvalue weighted by Crippen LogP contribution is -2.13. The fourth-order valence-corrected chi connectivity index (χ4v) is 3.79. The zero-order valence-corrected chi connectivity index (χ0v) is 14.8. The van der Waals surface area contributed by atoms with Crippen molar-refractivity contribution in [3.8, 4) is 11.5 Å². The standard InChI is InChI=1S/C16H10ClN3O5S/c1-19-11-5-12-13(25-7-24-12)6-14(11)26-16(19)18-15(21)9-4-8(20(22)23)2-3-10(9)17/h2-6H,7H2,1H3. The molecule has 0 radical (unpaired) electrons. The Morgan fingerprint density at radius 2 is 2.04 bits per heavy atom. The van der Waals surface area contributed by atoms with Crippen LogP contribution in [-0.2, 0) is 7.05 Å². The number of nitro benzene ring substituents is 1. The van der Waals surface area contributed by atoms with Crippen molar-refractivity contribution in [2.24, 2.45) is 12.0 Å².